The quantitative estimate of drug-likeness (QED) is 0.425. The molecule has 3 rings (SSSR count). The maximum Gasteiger partial charge on any atom is 0.234 e. The van der Waals surface area contributed by atoms with Gasteiger partial charge in [-0.15, -0.1) is 10.2 Å². The van der Waals surface area contributed by atoms with Crippen molar-refractivity contribution < 1.29 is 9.59 Å². The lowest BCUT2D eigenvalue weighted by Gasteiger charge is -2.10. The van der Waals surface area contributed by atoms with Gasteiger partial charge in [-0.1, -0.05) is 23.9 Å². The van der Waals surface area contributed by atoms with E-state index in [1.54, 1.807) is 36.7 Å². The highest BCUT2D eigenvalue weighted by Crippen LogP contribution is 2.25. The second kappa shape index (κ2) is 9.84. The summed E-state index contributed by atoms with van der Waals surface area (Å²) in [5.74, 6) is 0.575. The molecule has 2 N–H and O–H groups in total. The predicted octanol–water partition coefficient (Wildman–Crippen LogP) is 3.61. The zero-order valence-electron chi connectivity index (χ0n) is 16.8. The number of aromatic nitrogens is 4. The van der Waals surface area contributed by atoms with Crippen molar-refractivity contribution in [2.24, 2.45) is 0 Å². The summed E-state index contributed by atoms with van der Waals surface area (Å²) in [6, 6.07) is 10.7. The average molecular weight is 423 g/mol. The normalized spacial score (nSPS) is 10.5. The average Bonchev–Trinajstić information content (AvgIpc) is 3.10. The van der Waals surface area contributed by atoms with Crippen LogP contribution in [0.4, 0.5) is 11.4 Å². The molecule has 0 aliphatic carbocycles. The SMILES string of the molecule is C=C(C)Cn1c(SCC(=O)Nc2ccc(NC(C)=O)cc2)nnc1-c1ccncc1. The smallest absolute Gasteiger partial charge is 0.234 e. The Morgan fingerprint density at radius 2 is 1.63 bits per heavy atom. The summed E-state index contributed by atoms with van der Waals surface area (Å²) in [7, 11) is 0. The molecule has 0 unspecified atom stereocenters. The summed E-state index contributed by atoms with van der Waals surface area (Å²) < 4.78 is 1.94. The Morgan fingerprint density at radius 3 is 2.23 bits per heavy atom. The number of allylic oxidation sites excluding steroid dienone is 1. The van der Waals surface area contributed by atoms with Gasteiger partial charge in [0.15, 0.2) is 11.0 Å². The number of nitrogens with zero attached hydrogens (tertiary/aromatic N) is 4. The number of rotatable bonds is 8. The molecule has 0 bridgehead atoms. The van der Waals surface area contributed by atoms with Gasteiger partial charge in [0.2, 0.25) is 11.8 Å². The van der Waals surface area contributed by atoms with Crippen LogP contribution in [-0.2, 0) is 16.1 Å². The second-order valence-electron chi connectivity index (χ2n) is 6.68. The maximum absolute atomic E-state index is 12.4. The van der Waals surface area contributed by atoms with E-state index in [1.165, 1.54) is 18.7 Å². The van der Waals surface area contributed by atoms with Gasteiger partial charge >= 0.3 is 0 Å². The van der Waals surface area contributed by atoms with Crippen LogP contribution in [0.2, 0.25) is 0 Å². The van der Waals surface area contributed by atoms with E-state index >= 15 is 0 Å². The summed E-state index contributed by atoms with van der Waals surface area (Å²) in [5.41, 5.74) is 3.17. The third kappa shape index (κ3) is 5.77. The van der Waals surface area contributed by atoms with Crippen LogP contribution in [0.1, 0.15) is 13.8 Å². The van der Waals surface area contributed by atoms with Crippen molar-refractivity contribution >= 4 is 35.0 Å². The number of hydrogen-bond donors (Lipinski definition) is 2. The lowest BCUT2D eigenvalue weighted by Crippen LogP contribution is -2.15. The molecule has 0 radical (unpaired) electrons. The highest BCUT2D eigenvalue weighted by Gasteiger charge is 2.16. The molecule has 154 valence electrons. The first kappa shape index (κ1) is 21.3. The van der Waals surface area contributed by atoms with E-state index in [0.717, 1.165) is 11.1 Å². The molecule has 0 saturated carbocycles. The molecule has 0 fully saturated rings. The van der Waals surface area contributed by atoms with Gasteiger partial charge in [0.25, 0.3) is 0 Å². The first-order valence-corrected chi connectivity index (χ1v) is 10.2. The number of nitrogens with one attached hydrogen (secondary N) is 2. The number of anilines is 2. The van der Waals surface area contributed by atoms with Crippen molar-refractivity contribution in [2.75, 3.05) is 16.4 Å². The second-order valence-corrected chi connectivity index (χ2v) is 7.62. The minimum absolute atomic E-state index is 0.145. The fraction of sp³-hybridized carbons (Fsp3) is 0.190. The largest absolute Gasteiger partial charge is 0.326 e. The molecule has 9 heteroatoms. The third-order valence-electron chi connectivity index (χ3n) is 3.90. The Balaban J connectivity index is 1.66. The summed E-state index contributed by atoms with van der Waals surface area (Å²) >= 11 is 1.31. The molecule has 0 atom stereocenters. The highest BCUT2D eigenvalue weighted by molar-refractivity contribution is 7.99. The van der Waals surface area contributed by atoms with Crippen LogP contribution in [0.3, 0.4) is 0 Å². The highest BCUT2D eigenvalue weighted by atomic mass is 32.2. The zero-order valence-corrected chi connectivity index (χ0v) is 17.6. The Hall–Kier alpha value is -3.46. The third-order valence-corrected chi connectivity index (χ3v) is 4.87. The number of carbonyl (C=O) groups is 2. The van der Waals surface area contributed by atoms with Gasteiger partial charge in [0.05, 0.1) is 5.75 Å². The summed E-state index contributed by atoms with van der Waals surface area (Å²) in [4.78, 5) is 27.5. The molecule has 30 heavy (non-hydrogen) atoms. The van der Waals surface area contributed by atoms with Crippen molar-refractivity contribution in [1.29, 1.82) is 0 Å². The van der Waals surface area contributed by atoms with E-state index in [0.29, 0.717) is 28.9 Å². The van der Waals surface area contributed by atoms with Gasteiger partial charge in [-0.25, -0.2) is 0 Å². The molecular weight excluding hydrogens is 400 g/mol. The lowest BCUT2D eigenvalue weighted by molar-refractivity contribution is -0.114. The predicted molar refractivity (Wildman–Crippen MR) is 118 cm³/mol. The minimum Gasteiger partial charge on any atom is -0.326 e. The molecule has 2 aromatic heterocycles. The van der Waals surface area contributed by atoms with E-state index in [-0.39, 0.29) is 17.6 Å². The van der Waals surface area contributed by atoms with E-state index in [4.69, 9.17) is 0 Å². The number of thioether (sulfide) groups is 1. The van der Waals surface area contributed by atoms with Crippen LogP contribution in [0.25, 0.3) is 11.4 Å². The van der Waals surface area contributed by atoms with Crippen molar-refractivity contribution in [1.82, 2.24) is 19.7 Å². The number of amides is 2. The number of pyridine rings is 1. The summed E-state index contributed by atoms with van der Waals surface area (Å²) in [6.45, 7) is 7.91. The standard InChI is InChI=1S/C21H22N6O2S/c1-14(2)12-27-20(16-8-10-22-11-9-16)25-26-21(27)30-13-19(29)24-18-6-4-17(5-7-18)23-15(3)28/h4-11H,1,12-13H2,2-3H3,(H,23,28)(H,24,29). The van der Waals surface area contributed by atoms with Crippen LogP contribution in [-0.4, -0.2) is 37.3 Å². The maximum atomic E-state index is 12.4. The molecule has 0 aliphatic rings. The molecule has 2 heterocycles. The molecule has 3 aromatic rings. The molecule has 0 saturated heterocycles. The first-order valence-electron chi connectivity index (χ1n) is 9.20. The van der Waals surface area contributed by atoms with Gasteiger partial charge in [-0.3, -0.25) is 19.1 Å². The molecule has 0 aliphatic heterocycles. The van der Waals surface area contributed by atoms with Gasteiger partial charge in [0.1, 0.15) is 0 Å². The van der Waals surface area contributed by atoms with E-state index in [9.17, 15) is 9.59 Å². The fourth-order valence-electron chi connectivity index (χ4n) is 2.69. The number of hydrogen-bond acceptors (Lipinski definition) is 6. The Kier molecular flexibility index (Phi) is 6.97. The minimum atomic E-state index is -0.164. The van der Waals surface area contributed by atoms with Crippen LogP contribution in [0.15, 0.2) is 66.1 Å². The van der Waals surface area contributed by atoms with Gasteiger partial charge < -0.3 is 10.6 Å². The van der Waals surface area contributed by atoms with Crippen molar-refractivity contribution in [3.63, 3.8) is 0 Å². The molecule has 1 aromatic carbocycles. The fourth-order valence-corrected chi connectivity index (χ4v) is 3.43. The topological polar surface area (TPSA) is 102 Å². The monoisotopic (exact) mass is 422 g/mol. The molecule has 0 spiro atoms. The van der Waals surface area contributed by atoms with E-state index < -0.39 is 0 Å². The summed E-state index contributed by atoms with van der Waals surface area (Å²) in [5, 5.41) is 14.7. The van der Waals surface area contributed by atoms with Crippen LogP contribution >= 0.6 is 11.8 Å². The molecule has 8 nitrogen and oxygen atoms in total. The summed E-state index contributed by atoms with van der Waals surface area (Å²) in [6.07, 6.45) is 3.40. The Labute approximate surface area is 178 Å². The Morgan fingerprint density at radius 1 is 1.00 bits per heavy atom. The number of carbonyl (C=O) groups excluding carboxylic acids is 2. The van der Waals surface area contributed by atoms with Gasteiger partial charge in [-0.05, 0) is 43.3 Å². The van der Waals surface area contributed by atoms with Gasteiger partial charge in [0, 0.05) is 42.8 Å². The Bertz CT molecular complexity index is 1050. The van der Waals surface area contributed by atoms with E-state index in [1.807, 2.05) is 23.6 Å². The van der Waals surface area contributed by atoms with Crippen LogP contribution in [0, 0.1) is 0 Å². The van der Waals surface area contributed by atoms with Crippen molar-refractivity contribution in [2.45, 2.75) is 25.5 Å². The van der Waals surface area contributed by atoms with Crippen LogP contribution in [0.5, 0.6) is 0 Å². The molecular formula is C21H22N6O2S. The van der Waals surface area contributed by atoms with E-state index in [2.05, 4.69) is 32.4 Å². The first-order chi connectivity index (χ1) is 14.4. The molecule has 2 amide bonds. The lowest BCUT2D eigenvalue weighted by atomic mass is 10.2. The zero-order chi connectivity index (χ0) is 21.5. The van der Waals surface area contributed by atoms with Crippen molar-refractivity contribution in [3.8, 4) is 11.4 Å². The van der Waals surface area contributed by atoms with Crippen molar-refractivity contribution in [3.05, 3.63) is 60.9 Å². The number of benzene rings is 1. The van der Waals surface area contributed by atoms with Crippen LogP contribution < -0.4 is 10.6 Å². The van der Waals surface area contributed by atoms with Gasteiger partial charge in [-0.2, -0.15) is 0 Å².